The Balaban J connectivity index is 1.58. The molecule has 0 saturated carbocycles. The standard InChI is InChI=1S/C19H14F2N4O/c1-12-6-14(20)2-4-17(12)13-7-23-19-24-16(10-25(19)9-13)11-26-18-5-3-15(21)8-22-18/h2-10H,11H2,1H3. The van der Waals surface area contributed by atoms with E-state index in [4.69, 9.17) is 4.74 Å². The Morgan fingerprint density at radius 3 is 2.62 bits per heavy atom. The fraction of sp³-hybridized carbons (Fsp3) is 0.105. The van der Waals surface area contributed by atoms with Gasteiger partial charge in [-0.25, -0.2) is 23.7 Å². The Morgan fingerprint density at radius 1 is 1.00 bits per heavy atom. The Kier molecular flexibility index (Phi) is 4.04. The fourth-order valence-electron chi connectivity index (χ4n) is 2.69. The van der Waals surface area contributed by atoms with Crippen LogP contribution in [0, 0.1) is 18.6 Å². The summed E-state index contributed by atoms with van der Waals surface area (Å²) in [5.74, 6) is 0.160. The van der Waals surface area contributed by atoms with Gasteiger partial charge in [-0.05, 0) is 36.2 Å². The summed E-state index contributed by atoms with van der Waals surface area (Å²) >= 11 is 0. The number of ether oxygens (including phenoxy) is 1. The minimum absolute atomic E-state index is 0.187. The number of fused-ring (bicyclic) bond motifs is 1. The van der Waals surface area contributed by atoms with E-state index in [-0.39, 0.29) is 12.4 Å². The molecule has 0 bridgehead atoms. The largest absolute Gasteiger partial charge is 0.471 e. The average molecular weight is 352 g/mol. The molecule has 3 aromatic heterocycles. The van der Waals surface area contributed by atoms with Crippen LogP contribution in [0.3, 0.4) is 0 Å². The second kappa shape index (κ2) is 6.51. The number of nitrogens with zero attached hydrogens (tertiary/aromatic N) is 4. The second-order valence-corrected chi connectivity index (χ2v) is 5.84. The van der Waals surface area contributed by atoms with Gasteiger partial charge in [0.05, 0.1) is 11.9 Å². The molecule has 0 fully saturated rings. The van der Waals surface area contributed by atoms with E-state index in [0.29, 0.717) is 17.4 Å². The highest BCUT2D eigenvalue weighted by Crippen LogP contribution is 2.23. The van der Waals surface area contributed by atoms with Crippen LogP contribution in [0.2, 0.25) is 0 Å². The van der Waals surface area contributed by atoms with E-state index in [1.54, 1.807) is 22.9 Å². The van der Waals surface area contributed by atoms with Gasteiger partial charge in [-0.1, -0.05) is 6.07 Å². The molecule has 0 atom stereocenters. The van der Waals surface area contributed by atoms with Gasteiger partial charge in [0.2, 0.25) is 11.7 Å². The van der Waals surface area contributed by atoms with E-state index in [2.05, 4.69) is 15.0 Å². The maximum atomic E-state index is 13.3. The van der Waals surface area contributed by atoms with Crippen molar-refractivity contribution in [1.29, 1.82) is 0 Å². The number of aryl methyl sites for hydroxylation is 1. The molecule has 0 radical (unpaired) electrons. The quantitative estimate of drug-likeness (QED) is 0.558. The Bertz CT molecular complexity index is 1080. The number of aromatic nitrogens is 4. The zero-order chi connectivity index (χ0) is 18.1. The van der Waals surface area contributed by atoms with E-state index in [1.807, 2.05) is 13.1 Å². The van der Waals surface area contributed by atoms with Gasteiger partial charge < -0.3 is 4.74 Å². The van der Waals surface area contributed by atoms with Gasteiger partial charge in [-0.3, -0.25) is 4.40 Å². The lowest BCUT2D eigenvalue weighted by Gasteiger charge is -2.06. The first kappa shape index (κ1) is 16.1. The second-order valence-electron chi connectivity index (χ2n) is 5.84. The van der Waals surface area contributed by atoms with E-state index in [1.165, 1.54) is 24.3 Å². The molecule has 0 saturated heterocycles. The van der Waals surface area contributed by atoms with Crippen LogP contribution in [0.15, 0.2) is 55.1 Å². The Morgan fingerprint density at radius 2 is 1.85 bits per heavy atom. The zero-order valence-electron chi connectivity index (χ0n) is 13.9. The van der Waals surface area contributed by atoms with Crippen molar-refractivity contribution >= 4 is 5.78 Å². The van der Waals surface area contributed by atoms with Gasteiger partial charge in [-0.15, -0.1) is 0 Å². The molecule has 4 rings (SSSR count). The van der Waals surface area contributed by atoms with Crippen molar-refractivity contribution in [1.82, 2.24) is 19.4 Å². The molecule has 0 spiro atoms. The molecule has 4 aromatic rings. The fourth-order valence-corrected chi connectivity index (χ4v) is 2.69. The summed E-state index contributed by atoms with van der Waals surface area (Å²) < 4.78 is 33.4. The van der Waals surface area contributed by atoms with Crippen LogP contribution in [0.5, 0.6) is 5.88 Å². The summed E-state index contributed by atoms with van der Waals surface area (Å²) in [7, 11) is 0. The predicted molar refractivity (Wildman–Crippen MR) is 91.6 cm³/mol. The molecule has 3 heterocycles. The first-order valence-electron chi connectivity index (χ1n) is 7.93. The summed E-state index contributed by atoms with van der Waals surface area (Å²) in [6.07, 6.45) is 6.48. The summed E-state index contributed by atoms with van der Waals surface area (Å²) in [6, 6.07) is 7.39. The lowest BCUT2D eigenvalue weighted by Crippen LogP contribution is -1.97. The molecular formula is C19H14F2N4O. The summed E-state index contributed by atoms with van der Waals surface area (Å²) in [4.78, 5) is 12.6. The van der Waals surface area contributed by atoms with Gasteiger partial charge in [-0.2, -0.15) is 0 Å². The Labute approximate surface area is 147 Å². The number of halogens is 2. The Hall–Kier alpha value is -3.35. The molecule has 0 amide bonds. The molecule has 0 N–H and O–H groups in total. The van der Waals surface area contributed by atoms with Crippen LogP contribution >= 0.6 is 0 Å². The zero-order valence-corrected chi connectivity index (χ0v) is 13.9. The molecule has 1 aromatic carbocycles. The molecule has 0 unspecified atom stereocenters. The van der Waals surface area contributed by atoms with Gasteiger partial charge >= 0.3 is 0 Å². The number of benzene rings is 1. The number of imidazole rings is 1. The van der Waals surface area contributed by atoms with Crippen LogP contribution in [-0.2, 0) is 6.61 Å². The molecule has 0 aliphatic rings. The topological polar surface area (TPSA) is 52.3 Å². The lowest BCUT2D eigenvalue weighted by atomic mass is 10.0. The van der Waals surface area contributed by atoms with Crippen LogP contribution in [0.25, 0.3) is 16.9 Å². The number of hydrogen-bond acceptors (Lipinski definition) is 4. The van der Waals surface area contributed by atoms with E-state index in [0.717, 1.165) is 22.9 Å². The van der Waals surface area contributed by atoms with Crippen LogP contribution in [0.1, 0.15) is 11.3 Å². The van der Waals surface area contributed by atoms with Gasteiger partial charge in [0.1, 0.15) is 18.2 Å². The number of pyridine rings is 1. The smallest absolute Gasteiger partial charge is 0.234 e. The lowest BCUT2D eigenvalue weighted by molar-refractivity contribution is 0.289. The van der Waals surface area contributed by atoms with Crippen molar-refractivity contribution < 1.29 is 13.5 Å². The summed E-state index contributed by atoms with van der Waals surface area (Å²) in [5.41, 5.74) is 3.26. The van der Waals surface area contributed by atoms with Crippen LogP contribution in [-0.4, -0.2) is 19.4 Å². The third-order valence-electron chi connectivity index (χ3n) is 3.93. The van der Waals surface area contributed by atoms with Gasteiger partial charge in [0, 0.05) is 30.2 Å². The number of rotatable bonds is 4. The third-order valence-corrected chi connectivity index (χ3v) is 3.93. The average Bonchev–Trinajstić information content (AvgIpc) is 3.03. The maximum Gasteiger partial charge on any atom is 0.234 e. The van der Waals surface area contributed by atoms with Crippen LogP contribution < -0.4 is 4.74 Å². The highest BCUT2D eigenvalue weighted by atomic mass is 19.1. The molecule has 0 aliphatic carbocycles. The minimum atomic E-state index is -0.419. The molecule has 130 valence electrons. The SMILES string of the molecule is Cc1cc(F)ccc1-c1cnc2nc(COc3ccc(F)cn3)cn2c1. The van der Waals surface area contributed by atoms with Crippen molar-refractivity contribution in [2.45, 2.75) is 13.5 Å². The minimum Gasteiger partial charge on any atom is -0.471 e. The molecule has 26 heavy (non-hydrogen) atoms. The molecule has 0 aliphatic heterocycles. The highest BCUT2D eigenvalue weighted by Gasteiger charge is 2.08. The first-order valence-corrected chi connectivity index (χ1v) is 7.93. The third kappa shape index (κ3) is 3.23. The number of hydrogen-bond donors (Lipinski definition) is 0. The molecule has 5 nitrogen and oxygen atoms in total. The maximum absolute atomic E-state index is 13.3. The normalized spacial score (nSPS) is 11.0. The highest BCUT2D eigenvalue weighted by molar-refractivity contribution is 5.66. The van der Waals surface area contributed by atoms with Crippen molar-refractivity contribution in [3.8, 4) is 17.0 Å². The van der Waals surface area contributed by atoms with E-state index >= 15 is 0 Å². The van der Waals surface area contributed by atoms with Crippen molar-refractivity contribution in [2.75, 3.05) is 0 Å². The predicted octanol–water partition coefficient (Wildman–Crippen LogP) is 3.96. The first-order chi connectivity index (χ1) is 12.6. The van der Waals surface area contributed by atoms with Crippen molar-refractivity contribution in [3.05, 3.63) is 78.0 Å². The monoisotopic (exact) mass is 352 g/mol. The molecular weight excluding hydrogens is 338 g/mol. The van der Waals surface area contributed by atoms with Crippen LogP contribution in [0.4, 0.5) is 8.78 Å². The summed E-state index contributed by atoms with van der Waals surface area (Å²) in [5, 5.41) is 0. The van der Waals surface area contributed by atoms with E-state index in [9.17, 15) is 8.78 Å². The van der Waals surface area contributed by atoms with Crippen molar-refractivity contribution in [3.63, 3.8) is 0 Å². The van der Waals surface area contributed by atoms with Crippen molar-refractivity contribution in [2.24, 2.45) is 0 Å². The van der Waals surface area contributed by atoms with E-state index < -0.39 is 5.82 Å². The van der Waals surface area contributed by atoms with Gasteiger partial charge in [0.25, 0.3) is 0 Å². The summed E-state index contributed by atoms with van der Waals surface area (Å²) in [6.45, 7) is 2.04. The van der Waals surface area contributed by atoms with Gasteiger partial charge in [0.15, 0.2) is 0 Å². The molecule has 7 heteroatoms.